The number of benzene rings is 2. The second kappa shape index (κ2) is 8.73. The number of fused-ring (bicyclic) bond motifs is 2. The molecule has 2 aromatic rings. The van der Waals surface area contributed by atoms with E-state index in [1.165, 1.54) is 7.11 Å². The number of methoxy groups -OCH3 is 1. The standard InChI is InChI=1S/C22H23NO6/c1-26-21(25)19-18-17(14-27-13-16-10-6-3-7-11-16)23(20(24)22(28-18)29-19)12-15-8-4-2-5-9-15/h2-11,17-19,22H,12-14H2,1H3/t17-,18+,19-,22-/m0/s1. The van der Waals surface area contributed by atoms with Gasteiger partial charge >= 0.3 is 5.97 Å². The van der Waals surface area contributed by atoms with Crippen LogP contribution in [0.25, 0.3) is 0 Å². The van der Waals surface area contributed by atoms with E-state index >= 15 is 0 Å². The first-order chi connectivity index (χ1) is 14.2. The lowest BCUT2D eigenvalue weighted by atomic mass is 10.0. The van der Waals surface area contributed by atoms with Crippen molar-refractivity contribution in [3.8, 4) is 0 Å². The zero-order chi connectivity index (χ0) is 20.2. The molecule has 2 bridgehead atoms. The van der Waals surface area contributed by atoms with Gasteiger partial charge in [-0.15, -0.1) is 0 Å². The number of amides is 1. The van der Waals surface area contributed by atoms with Gasteiger partial charge in [0.05, 0.1) is 26.4 Å². The minimum absolute atomic E-state index is 0.210. The Kier molecular flexibility index (Phi) is 5.89. The molecule has 7 heteroatoms. The molecule has 2 aliphatic rings. The van der Waals surface area contributed by atoms with E-state index in [4.69, 9.17) is 18.9 Å². The molecule has 0 N–H and O–H groups in total. The fraction of sp³-hybridized carbons (Fsp3) is 0.364. The first-order valence-electron chi connectivity index (χ1n) is 9.52. The second-order valence-corrected chi connectivity index (χ2v) is 7.03. The van der Waals surface area contributed by atoms with Crippen LogP contribution >= 0.6 is 0 Å². The molecule has 4 rings (SSSR count). The number of hydrogen-bond donors (Lipinski definition) is 0. The van der Waals surface area contributed by atoms with Crippen LogP contribution in [0.15, 0.2) is 60.7 Å². The van der Waals surface area contributed by atoms with E-state index < -0.39 is 30.5 Å². The molecular formula is C22H23NO6. The lowest BCUT2D eigenvalue weighted by Gasteiger charge is -2.38. The molecule has 4 atom stereocenters. The van der Waals surface area contributed by atoms with E-state index in [1.54, 1.807) is 4.90 Å². The van der Waals surface area contributed by atoms with Crippen molar-refractivity contribution < 1.29 is 28.5 Å². The molecule has 0 unspecified atom stereocenters. The molecule has 2 aromatic carbocycles. The van der Waals surface area contributed by atoms with E-state index in [0.717, 1.165) is 11.1 Å². The van der Waals surface area contributed by atoms with Crippen molar-refractivity contribution in [1.29, 1.82) is 0 Å². The Morgan fingerprint density at radius 2 is 1.66 bits per heavy atom. The van der Waals surface area contributed by atoms with E-state index in [0.29, 0.717) is 13.2 Å². The zero-order valence-electron chi connectivity index (χ0n) is 16.1. The SMILES string of the molecule is COC(=O)[C@H]1O[C@@H]2O[C@@H]1[C@H](COCc1ccccc1)N(Cc1ccccc1)C2=O. The van der Waals surface area contributed by atoms with Gasteiger partial charge in [-0.05, 0) is 11.1 Å². The summed E-state index contributed by atoms with van der Waals surface area (Å²) >= 11 is 0. The van der Waals surface area contributed by atoms with Gasteiger partial charge in [0.2, 0.25) is 6.29 Å². The van der Waals surface area contributed by atoms with Crippen molar-refractivity contribution in [1.82, 2.24) is 4.90 Å². The fourth-order valence-electron chi connectivity index (χ4n) is 3.68. The number of morpholine rings is 1. The number of hydrogen-bond acceptors (Lipinski definition) is 6. The molecule has 0 aromatic heterocycles. The molecule has 0 aliphatic carbocycles. The lowest BCUT2D eigenvalue weighted by molar-refractivity contribution is -0.183. The lowest BCUT2D eigenvalue weighted by Crippen LogP contribution is -2.58. The number of carbonyl (C=O) groups is 2. The predicted molar refractivity (Wildman–Crippen MR) is 102 cm³/mol. The molecule has 152 valence electrons. The van der Waals surface area contributed by atoms with Crippen molar-refractivity contribution in [2.45, 2.75) is 37.7 Å². The highest BCUT2D eigenvalue weighted by Crippen LogP contribution is 2.33. The number of nitrogens with zero attached hydrogens (tertiary/aromatic N) is 1. The predicted octanol–water partition coefficient (Wildman–Crippen LogP) is 1.90. The molecule has 2 aliphatic heterocycles. The molecule has 0 spiro atoms. The van der Waals surface area contributed by atoms with Gasteiger partial charge in [-0.25, -0.2) is 4.79 Å². The number of rotatable bonds is 7. The van der Waals surface area contributed by atoms with Crippen molar-refractivity contribution in [3.63, 3.8) is 0 Å². The third kappa shape index (κ3) is 4.17. The summed E-state index contributed by atoms with van der Waals surface area (Å²) in [6.45, 7) is 0.985. The van der Waals surface area contributed by atoms with Gasteiger partial charge in [0.15, 0.2) is 6.10 Å². The molecule has 0 saturated carbocycles. The highest BCUT2D eigenvalue weighted by Gasteiger charge is 2.56. The number of carbonyl (C=O) groups excluding carboxylic acids is 2. The summed E-state index contributed by atoms with van der Waals surface area (Å²) in [6, 6.07) is 18.9. The number of esters is 1. The van der Waals surface area contributed by atoms with Gasteiger partial charge in [0.25, 0.3) is 5.91 Å². The van der Waals surface area contributed by atoms with Crippen LogP contribution < -0.4 is 0 Å². The van der Waals surface area contributed by atoms with Gasteiger partial charge in [-0.3, -0.25) is 4.79 Å². The monoisotopic (exact) mass is 397 g/mol. The Labute approximate surface area is 169 Å². The summed E-state index contributed by atoms with van der Waals surface area (Å²) in [7, 11) is 1.29. The normalized spacial score (nSPS) is 25.8. The number of ether oxygens (including phenoxy) is 4. The fourth-order valence-corrected chi connectivity index (χ4v) is 3.68. The van der Waals surface area contributed by atoms with E-state index in [9.17, 15) is 9.59 Å². The summed E-state index contributed by atoms with van der Waals surface area (Å²) in [5.41, 5.74) is 2.00. The van der Waals surface area contributed by atoms with Crippen LogP contribution in [-0.2, 0) is 41.7 Å². The molecule has 29 heavy (non-hydrogen) atoms. The molecule has 2 fully saturated rings. The molecule has 1 amide bonds. The molecule has 2 saturated heterocycles. The Bertz CT molecular complexity index is 843. The van der Waals surface area contributed by atoms with E-state index in [1.807, 2.05) is 60.7 Å². The Morgan fingerprint density at radius 3 is 2.31 bits per heavy atom. The average molecular weight is 397 g/mol. The molecule has 2 heterocycles. The summed E-state index contributed by atoms with van der Waals surface area (Å²) in [4.78, 5) is 26.8. The highest BCUT2D eigenvalue weighted by molar-refractivity contribution is 5.84. The third-order valence-corrected chi connectivity index (χ3v) is 5.14. The quantitative estimate of drug-likeness (QED) is 0.665. The first kappa shape index (κ1) is 19.6. The minimum Gasteiger partial charge on any atom is -0.467 e. The Balaban J connectivity index is 1.54. The summed E-state index contributed by atoms with van der Waals surface area (Å²) in [5.74, 6) is -0.871. The smallest absolute Gasteiger partial charge is 0.337 e. The van der Waals surface area contributed by atoms with Crippen LogP contribution in [-0.4, -0.2) is 55.0 Å². The van der Waals surface area contributed by atoms with Crippen LogP contribution in [0.2, 0.25) is 0 Å². The summed E-state index contributed by atoms with van der Waals surface area (Å²) in [5, 5.41) is 0. The minimum atomic E-state index is -1.10. The van der Waals surface area contributed by atoms with E-state index in [-0.39, 0.29) is 12.5 Å². The maximum absolute atomic E-state index is 13.0. The molecule has 0 radical (unpaired) electrons. The van der Waals surface area contributed by atoms with Crippen LogP contribution in [0.5, 0.6) is 0 Å². The van der Waals surface area contributed by atoms with Gasteiger partial charge in [0, 0.05) is 6.54 Å². The average Bonchev–Trinajstić information content (AvgIpc) is 3.17. The van der Waals surface area contributed by atoms with Crippen molar-refractivity contribution in [2.75, 3.05) is 13.7 Å². The van der Waals surface area contributed by atoms with Gasteiger partial charge in [0.1, 0.15) is 6.10 Å². The molecular weight excluding hydrogens is 374 g/mol. The Morgan fingerprint density at radius 1 is 1.00 bits per heavy atom. The van der Waals surface area contributed by atoms with Crippen molar-refractivity contribution in [2.24, 2.45) is 0 Å². The maximum atomic E-state index is 13.0. The first-order valence-corrected chi connectivity index (χ1v) is 9.52. The van der Waals surface area contributed by atoms with Crippen molar-refractivity contribution >= 4 is 11.9 Å². The third-order valence-electron chi connectivity index (χ3n) is 5.14. The van der Waals surface area contributed by atoms with Crippen LogP contribution in [0.4, 0.5) is 0 Å². The van der Waals surface area contributed by atoms with E-state index in [2.05, 4.69) is 0 Å². The largest absolute Gasteiger partial charge is 0.467 e. The van der Waals surface area contributed by atoms with Gasteiger partial charge < -0.3 is 23.8 Å². The van der Waals surface area contributed by atoms with Crippen LogP contribution in [0.1, 0.15) is 11.1 Å². The van der Waals surface area contributed by atoms with Crippen molar-refractivity contribution in [3.05, 3.63) is 71.8 Å². The Hall–Kier alpha value is -2.74. The maximum Gasteiger partial charge on any atom is 0.337 e. The summed E-state index contributed by atoms with van der Waals surface area (Å²) < 4.78 is 22.0. The highest BCUT2D eigenvalue weighted by atomic mass is 16.8. The second-order valence-electron chi connectivity index (χ2n) is 7.03. The van der Waals surface area contributed by atoms with Crippen LogP contribution in [0, 0.1) is 0 Å². The topological polar surface area (TPSA) is 74.3 Å². The molecule has 7 nitrogen and oxygen atoms in total. The summed E-state index contributed by atoms with van der Waals surface area (Å²) in [6.07, 6.45) is -2.71. The van der Waals surface area contributed by atoms with Crippen LogP contribution in [0.3, 0.4) is 0 Å². The zero-order valence-corrected chi connectivity index (χ0v) is 16.1. The van der Waals surface area contributed by atoms with Gasteiger partial charge in [-0.1, -0.05) is 60.7 Å². The van der Waals surface area contributed by atoms with Gasteiger partial charge in [-0.2, -0.15) is 0 Å².